The van der Waals surface area contributed by atoms with E-state index in [1.165, 1.54) is 0 Å². The van der Waals surface area contributed by atoms with Crippen molar-refractivity contribution >= 4 is 25.1 Å². The van der Waals surface area contributed by atoms with Crippen LogP contribution >= 0.6 is 7.79 Å². The summed E-state index contributed by atoms with van der Waals surface area (Å²) in [6, 6.07) is 19.4. The van der Waals surface area contributed by atoms with Crippen LogP contribution in [0.1, 0.15) is 13.3 Å². The lowest BCUT2D eigenvalue weighted by molar-refractivity contribution is -0.136. The molecule has 2 aromatic rings. The molecule has 0 unspecified atom stereocenters. The van der Waals surface area contributed by atoms with Crippen LogP contribution in [0.2, 0.25) is 0 Å². The molecule has 5 nitrogen and oxygen atoms in total. The van der Waals surface area contributed by atoms with Gasteiger partial charge in [-0.1, -0.05) is 36.4 Å². The SMILES string of the molecule is CC=C(CC(=O)O)[P+]1(O)N(c2ccccc2)CCN1c1ccccc1. The Morgan fingerprint density at radius 1 is 1.00 bits per heavy atom. The van der Waals surface area contributed by atoms with Crippen LogP contribution in [-0.4, -0.2) is 29.1 Å². The van der Waals surface area contributed by atoms with E-state index in [-0.39, 0.29) is 6.42 Å². The Labute approximate surface area is 148 Å². The Morgan fingerprint density at radius 2 is 1.44 bits per heavy atom. The highest BCUT2D eigenvalue weighted by Gasteiger charge is 2.59. The molecule has 0 bridgehead atoms. The molecule has 0 amide bonds. The van der Waals surface area contributed by atoms with E-state index in [0.717, 1.165) is 11.4 Å². The average molecular weight is 357 g/mol. The number of anilines is 2. The van der Waals surface area contributed by atoms with E-state index in [4.69, 9.17) is 0 Å². The van der Waals surface area contributed by atoms with Crippen LogP contribution in [0, 0.1) is 0 Å². The Kier molecular flexibility index (Phi) is 5.07. The van der Waals surface area contributed by atoms with Gasteiger partial charge in [0, 0.05) is 0 Å². The van der Waals surface area contributed by atoms with Crippen molar-refractivity contribution in [3.05, 3.63) is 72.1 Å². The third-order valence-electron chi connectivity index (χ3n) is 4.36. The largest absolute Gasteiger partial charge is 0.481 e. The quantitative estimate of drug-likeness (QED) is 0.787. The van der Waals surface area contributed by atoms with Crippen LogP contribution in [0.4, 0.5) is 11.4 Å². The molecule has 0 aromatic heterocycles. The molecular weight excluding hydrogens is 335 g/mol. The zero-order valence-electron chi connectivity index (χ0n) is 14.1. The number of aliphatic carboxylic acids is 1. The lowest BCUT2D eigenvalue weighted by Crippen LogP contribution is -2.26. The van der Waals surface area contributed by atoms with Crippen LogP contribution in [0.3, 0.4) is 0 Å². The van der Waals surface area contributed by atoms with Gasteiger partial charge in [0.05, 0.1) is 24.5 Å². The van der Waals surface area contributed by atoms with Crippen molar-refractivity contribution in [3.63, 3.8) is 0 Å². The molecule has 2 N–H and O–H groups in total. The smallest absolute Gasteiger partial charge is 0.362 e. The standard InChI is InChI=1S/C19H21N2O3P/c1-2-18(15-19(22)23)25(24)20(16-9-5-3-6-10-16)13-14-21(25)17-11-7-4-8-12-17/h2-12,24H,13-15H2,1H3/p+1. The van der Waals surface area contributed by atoms with Gasteiger partial charge in [-0.25, -0.2) is 0 Å². The van der Waals surface area contributed by atoms with Gasteiger partial charge in [0.2, 0.25) is 0 Å². The molecule has 1 aliphatic heterocycles. The monoisotopic (exact) mass is 357 g/mol. The van der Waals surface area contributed by atoms with E-state index < -0.39 is 13.8 Å². The minimum Gasteiger partial charge on any atom is -0.481 e. The number of carboxylic acid groups (broad SMARTS) is 1. The summed E-state index contributed by atoms with van der Waals surface area (Å²) in [6.45, 7) is 3.07. The number of allylic oxidation sites excluding steroid dienone is 1. The molecule has 0 radical (unpaired) electrons. The van der Waals surface area contributed by atoms with Gasteiger partial charge in [0.25, 0.3) is 0 Å². The Hall–Kier alpha value is -2.36. The van der Waals surface area contributed by atoms with Crippen LogP contribution < -0.4 is 9.34 Å². The second kappa shape index (κ2) is 7.26. The number of para-hydroxylation sites is 2. The van der Waals surface area contributed by atoms with Crippen LogP contribution in [0.15, 0.2) is 72.1 Å². The summed E-state index contributed by atoms with van der Waals surface area (Å²) in [6.07, 6.45) is 1.58. The van der Waals surface area contributed by atoms with E-state index in [1.54, 1.807) is 13.0 Å². The molecule has 1 saturated heterocycles. The van der Waals surface area contributed by atoms with Gasteiger partial charge in [-0.05, 0) is 37.3 Å². The van der Waals surface area contributed by atoms with Gasteiger partial charge in [-0.15, -0.1) is 0 Å². The van der Waals surface area contributed by atoms with Crippen molar-refractivity contribution in [1.29, 1.82) is 0 Å². The molecule has 0 aliphatic carbocycles. The van der Waals surface area contributed by atoms with Crippen LogP contribution in [0.25, 0.3) is 0 Å². The third-order valence-corrected chi connectivity index (χ3v) is 7.75. The van der Waals surface area contributed by atoms with Gasteiger partial charge >= 0.3 is 13.8 Å². The van der Waals surface area contributed by atoms with Crippen molar-refractivity contribution in [3.8, 4) is 0 Å². The summed E-state index contributed by atoms with van der Waals surface area (Å²) in [5.74, 6) is -0.936. The molecule has 3 rings (SSSR count). The summed E-state index contributed by atoms with van der Waals surface area (Å²) in [5.41, 5.74) is 1.81. The Morgan fingerprint density at radius 3 is 1.80 bits per heavy atom. The lowest BCUT2D eigenvalue weighted by Gasteiger charge is -2.32. The summed E-state index contributed by atoms with van der Waals surface area (Å²) >= 11 is 0. The maximum atomic E-state index is 11.9. The molecule has 25 heavy (non-hydrogen) atoms. The molecule has 1 heterocycles. The van der Waals surface area contributed by atoms with Gasteiger partial charge in [-0.3, -0.25) is 4.79 Å². The fourth-order valence-corrected chi connectivity index (χ4v) is 6.45. The first-order chi connectivity index (χ1) is 12.1. The first-order valence-electron chi connectivity index (χ1n) is 8.23. The highest BCUT2D eigenvalue weighted by Crippen LogP contribution is 2.72. The van der Waals surface area contributed by atoms with Crippen LogP contribution in [-0.2, 0) is 4.79 Å². The number of hydrogen-bond acceptors (Lipinski definition) is 4. The molecule has 0 saturated carbocycles. The zero-order valence-corrected chi connectivity index (χ0v) is 15.0. The normalized spacial score (nSPS) is 17.0. The number of rotatable bonds is 5. The second-order valence-corrected chi connectivity index (χ2v) is 8.51. The van der Waals surface area contributed by atoms with Gasteiger partial charge < -0.3 is 5.11 Å². The highest BCUT2D eigenvalue weighted by atomic mass is 31.2. The highest BCUT2D eigenvalue weighted by molar-refractivity contribution is 7.77. The van der Waals surface area contributed by atoms with Gasteiger partial charge in [0.1, 0.15) is 6.42 Å². The zero-order chi connectivity index (χ0) is 17.9. The maximum Gasteiger partial charge on any atom is 0.362 e. The first-order valence-corrected chi connectivity index (χ1v) is 9.87. The molecular formula is C19H22N2O3P+. The number of benzene rings is 2. The molecule has 6 heteroatoms. The van der Waals surface area contributed by atoms with Crippen molar-refractivity contribution in [1.82, 2.24) is 0 Å². The summed E-state index contributed by atoms with van der Waals surface area (Å²) < 4.78 is 3.94. The fraction of sp³-hybridized carbons (Fsp3) is 0.211. The van der Waals surface area contributed by atoms with E-state index in [2.05, 4.69) is 0 Å². The van der Waals surface area contributed by atoms with Crippen molar-refractivity contribution in [2.45, 2.75) is 13.3 Å². The molecule has 1 aliphatic rings. The minimum absolute atomic E-state index is 0.173. The number of carbonyl (C=O) groups is 1. The molecule has 1 fully saturated rings. The summed E-state index contributed by atoms with van der Waals surface area (Å²) in [4.78, 5) is 23.2. The Balaban J connectivity index is 2.10. The third kappa shape index (κ3) is 3.26. The lowest BCUT2D eigenvalue weighted by atomic mass is 10.3. The topological polar surface area (TPSA) is 64.0 Å². The number of carboxylic acids is 1. The van der Waals surface area contributed by atoms with Crippen LogP contribution in [0.5, 0.6) is 0 Å². The van der Waals surface area contributed by atoms with E-state index in [0.29, 0.717) is 18.4 Å². The molecule has 2 aromatic carbocycles. The van der Waals surface area contributed by atoms with Crippen molar-refractivity contribution in [2.75, 3.05) is 22.4 Å². The second-order valence-electron chi connectivity index (χ2n) is 5.84. The van der Waals surface area contributed by atoms with E-state index in [9.17, 15) is 14.8 Å². The van der Waals surface area contributed by atoms with Crippen molar-refractivity contribution in [2.24, 2.45) is 0 Å². The summed E-state index contributed by atoms with van der Waals surface area (Å²) in [7, 11) is -3.00. The fourth-order valence-electron chi connectivity index (χ4n) is 3.23. The predicted octanol–water partition coefficient (Wildman–Crippen LogP) is 4.15. The van der Waals surface area contributed by atoms with E-state index >= 15 is 0 Å². The average Bonchev–Trinajstić information content (AvgIpc) is 2.99. The first kappa shape index (κ1) is 17.5. The van der Waals surface area contributed by atoms with Gasteiger partial charge in [0.15, 0.2) is 5.31 Å². The van der Waals surface area contributed by atoms with Crippen molar-refractivity contribution < 1.29 is 14.8 Å². The van der Waals surface area contributed by atoms with Gasteiger partial charge in [-0.2, -0.15) is 14.2 Å². The maximum absolute atomic E-state index is 11.9. The number of nitrogens with zero attached hydrogens (tertiary/aromatic N) is 2. The minimum atomic E-state index is -3.00. The molecule has 0 atom stereocenters. The molecule has 0 spiro atoms. The predicted molar refractivity (Wildman–Crippen MR) is 103 cm³/mol. The molecule has 130 valence electrons. The number of hydrogen-bond donors (Lipinski definition) is 2. The Bertz CT molecular complexity index is 717. The van der Waals surface area contributed by atoms with E-state index in [1.807, 2.05) is 70.0 Å². The summed E-state index contributed by atoms with van der Waals surface area (Å²) in [5, 5.41) is 9.89.